The van der Waals surface area contributed by atoms with Gasteiger partial charge >= 0.3 is 0 Å². The monoisotopic (exact) mass is 416 g/mol. The highest BCUT2D eigenvalue weighted by molar-refractivity contribution is 7.99. The number of nitrogens with zero attached hydrogens (tertiary/aromatic N) is 1. The predicted molar refractivity (Wildman–Crippen MR) is 114 cm³/mol. The minimum Gasteiger partial charge on any atom is -0.494 e. The number of carbonyl (C=O) groups excluding carboxylic acids is 1. The van der Waals surface area contributed by atoms with Crippen LogP contribution in [0.5, 0.6) is 5.75 Å². The van der Waals surface area contributed by atoms with Crippen LogP contribution in [-0.2, 0) is 10.5 Å². The fraction of sp³-hybridized carbons (Fsp3) is 0.238. The van der Waals surface area contributed by atoms with E-state index in [1.807, 2.05) is 50.2 Å². The van der Waals surface area contributed by atoms with Crippen molar-refractivity contribution in [2.45, 2.75) is 24.9 Å². The highest BCUT2D eigenvalue weighted by Crippen LogP contribution is 2.24. The third kappa shape index (κ3) is 5.53. The van der Waals surface area contributed by atoms with Gasteiger partial charge in [0.2, 0.25) is 11.8 Å². The largest absolute Gasteiger partial charge is 0.494 e. The molecular formula is C21H21ClN2O3S. The average Bonchev–Trinajstić information content (AvgIpc) is 3.17. The summed E-state index contributed by atoms with van der Waals surface area (Å²) in [4.78, 5) is 16.9. The minimum atomic E-state index is -0.234. The van der Waals surface area contributed by atoms with Crippen LogP contribution in [0.1, 0.15) is 19.5 Å². The van der Waals surface area contributed by atoms with Crippen molar-refractivity contribution in [1.29, 1.82) is 0 Å². The zero-order chi connectivity index (χ0) is 19.9. The maximum atomic E-state index is 12.4. The Morgan fingerprint density at radius 1 is 1.21 bits per heavy atom. The van der Waals surface area contributed by atoms with Crippen LogP contribution in [0.4, 0.5) is 5.69 Å². The highest BCUT2D eigenvalue weighted by Gasteiger charge is 2.15. The van der Waals surface area contributed by atoms with Crippen LogP contribution in [0.25, 0.3) is 11.5 Å². The first-order valence-corrected chi connectivity index (χ1v) is 10.3. The molecule has 0 bridgehead atoms. The number of rotatable bonds is 8. The topological polar surface area (TPSA) is 64.4 Å². The number of hydrogen-bond donors (Lipinski definition) is 1. The smallest absolute Gasteiger partial charge is 0.237 e. The molecule has 0 saturated heterocycles. The van der Waals surface area contributed by atoms with Gasteiger partial charge in [-0.2, -0.15) is 0 Å². The van der Waals surface area contributed by atoms with Crippen LogP contribution in [0.15, 0.2) is 59.2 Å². The molecule has 3 aromatic rings. The summed E-state index contributed by atoms with van der Waals surface area (Å²) >= 11 is 7.40. The summed E-state index contributed by atoms with van der Waals surface area (Å²) in [6.45, 7) is 4.41. The van der Waals surface area contributed by atoms with Crippen molar-refractivity contribution in [1.82, 2.24) is 4.98 Å². The van der Waals surface area contributed by atoms with Crippen molar-refractivity contribution in [2.24, 2.45) is 0 Å². The van der Waals surface area contributed by atoms with E-state index in [9.17, 15) is 4.79 Å². The van der Waals surface area contributed by atoms with Crippen molar-refractivity contribution >= 4 is 35.0 Å². The zero-order valence-electron chi connectivity index (χ0n) is 15.6. The molecule has 0 aliphatic rings. The van der Waals surface area contributed by atoms with Gasteiger partial charge < -0.3 is 14.5 Å². The molecule has 0 fully saturated rings. The number of aromatic nitrogens is 1. The molecule has 1 atom stereocenters. The van der Waals surface area contributed by atoms with E-state index in [0.717, 1.165) is 22.7 Å². The molecule has 0 radical (unpaired) electrons. The second kappa shape index (κ2) is 9.66. The molecule has 7 heteroatoms. The summed E-state index contributed by atoms with van der Waals surface area (Å²) in [6.07, 6.45) is 1.62. The number of ether oxygens (including phenoxy) is 1. The molecule has 1 unspecified atom stereocenters. The van der Waals surface area contributed by atoms with Gasteiger partial charge in [-0.25, -0.2) is 4.98 Å². The summed E-state index contributed by atoms with van der Waals surface area (Å²) in [5, 5.41) is 3.34. The Hall–Kier alpha value is -2.44. The lowest BCUT2D eigenvalue weighted by Gasteiger charge is -2.11. The third-order valence-corrected chi connectivity index (χ3v) is 5.35. The second-order valence-electron chi connectivity index (χ2n) is 6.05. The number of amides is 1. The first-order valence-electron chi connectivity index (χ1n) is 8.91. The van der Waals surface area contributed by atoms with Gasteiger partial charge in [0.05, 0.1) is 17.6 Å². The molecule has 1 amide bonds. The molecule has 146 valence electrons. The molecule has 1 N–H and O–H groups in total. The molecule has 1 aromatic heterocycles. The van der Waals surface area contributed by atoms with Gasteiger partial charge in [0.25, 0.3) is 0 Å². The van der Waals surface area contributed by atoms with Crippen LogP contribution in [-0.4, -0.2) is 22.7 Å². The fourth-order valence-electron chi connectivity index (χ4n) is 2.43. The Balaban J connectivity index is 1.51. The van der Waals surface area contributed by atoms with E-state index in [1.54, 1.807) is 18.4 Å². The van der Waals surface area contributed by atoms with Crippen LogP contribution in [0, 0.1) is 0 Å². The number of nitrogens with one attached hydrogen (secondary N) is 1. The van der Waals surface area contributed by atoms with Crippen LogP contribution in [0.2, 0.25) is 5.02 Å². The number of hydrogen-bond acceptors (Lipinski definition) is 5. The van der Waals surface area contributed by atoms with Crippen LogP contribution in [0.3, 0.4) is 0 Å². The predicted octanol–water partition coefficient (Wildman–Crippen LogP) is 5.65. The maximum Gasteiger partial charge on any atom is 0.237 e. The van der Waals surface area contributed by atoms with Crippen molar-refractivity contribution in [2.75, 3.05) is 11.9 Å². The standard InChI is InChI=1S/C21H21ClN2O3S/c1-3-26-19-10-8-17(9-11-19)23-20(25)14(2)28-13-18-12-27-21(24-18)15-4-6-16(22)7-5-15/h4-12,14H,3,13H2,1-2H3,(H,23,25). The molecule has 2 aromatic carbocycles. The summed E-state index contributed by atoms with van der Waals surface area (Å²) in [5.41, 5.74) is 2.39. The third-order valence-electron chi connectivity index (χ3n) is 3.93. The van der Waals surface area contributed by atoms with Gasteiger partial charge in [-0.3, -0.25) is 4.79 Å². The number of anilines is 1. The van der Waals surface area contributed by atoms with E-state index in [0.29, 0.717) is 23.3 Å². The SMILES string of the molecule is CCOc1ccc(NC(=O)C(C)SCc2coc(-c3ccc(Cl)cc3)n2)cc1. The van der Waals surface area contributed by atoms with Gasteiger partial charge in [0, 0.05) is 22.0 Å². The van der Waals surface area contributed by atoms with Gasteiger partial charge in [0.1, 0.15) is 12.0 Å². The first kappa shape index (κ1) is 20.3. The minimum absolute atomic E-state index is 0.0596. The Morgan fingerprint density at radius 2 is 1.93 bits per heavy atom. The highest BCUT2D eigenvalue weighted by atomic mass is 35.5. The quantitative estimate of drug-likeness (QED) is 0.513. The maximum absolute atomic E-state index is 12.4. The van der Waals surface area contributed by atoms with E-state index < -0.39 is 0 Å². The molecule has 1 heterocycles. The average molecular weight is 417 g/mol. The van der Waals surface area contributed by atoms with E-state index in [4.69, 9.17) is 20.8 Å². The van der Waals surface area contributed by atoms with E-state index in [1.165, 1.54) is 11.8 Å². The van der Waals surface area contributed by atoms with Crippen LogP contribution < -0.4 is 10.1 Å². The zero-order valence-corrected chi connectivity index (χ0v) is 17.2. The molecule has 28 heavy (non-hydrogen) atoms. The van der Waals surface area contributed by atoms with Crippen molar-refractivity contribution in [3.8, 4) is 17.2 Å². The van der Waals surface area contributed by atoms with Gasteiger partial charge in [0.15, 0.2) is 0 Å². The molecule has 0 aliphatic carbocycles. The summed E-state index contributed by atoms with van der Waals surface area (Å²) in [5.74, 6) is 1.84. The van der Waals surface area contributed by atoms with E-state index in [2.05, 4.69) is 10.3 Å². The van der Waals surface area contributed by atoms with Gasteiger partial charge in [-0.15, -0.1) is 11.8 Å². The molecule has 0 aliphatic heterocycles. The second-order valence-corrected chi connectivity index (χ2v) is 7.82. The molecule has 0 spiro atoms. The molecule has 5 nitrogen and oxygen atoms in total. The lowest BCUT2D eigenvalue weighted by Crippen LogP contribution is -2.22. The molecule has 0 saturated carbocycles. The van der Waals surface area contributed by atoms with Gasteiger partial charge in [-0.05, 0) is 62.4 Å². The normalized spacial score (nSPS) is 11.8. The lowest BCUT2D eigenvalue weighted by molar-refractivity contribution is -0.115. The van der Waals surface area contributed by atoms with E-state index >= 15 is 0 Å². The Kier molecular flexibility index (Phi) is 7.01. The first-order chi connectivity index (χ1) is 13.5. The summed E-state index contributed by atoms with van der Waals surface area (Å²) in [7, 11) is 0. The van der Waals surface area contributed by atoms with Gasteiger partial charge in [-0.1, -0.05) is 11.6 Å². The van der Waals surface area contributed by atoms with E-state index in [-0.39, 0.29) is 11.2 Å². The summed E-state index contributed by atoms with van der Waals surface area (Å²) < 4.78 is 10.9. The van der Waals surface area contributed by atoms with Crippen molar-refractivity contribution in [3.63, 3.8) is 0 Å². The number of carbonyl (C=O) groups is 1. The number of oxazole rings is 1. The number of benzene rings is 2. The van der Waals surface area contributed by atoms with Crippen molar-refractivity contribution < 1.29 is 13.9 Å². The Labute approximate surface area is 173 Å². The molecule has 3 rings (SSSR count). The lowest BCUT2D eigenvalue weighted by atomic mass is 10.2. The Bertz CT molecular complexity index is 910. The van der Waals surface area contributed by atoms with Crippen molar-refractivity contribution in [3.05, 3.63) is 65.5 Å². The molecular weight excluding hydrogens is 396 g/mol. The summed E-state index contributed by atoms with van der Waals surface area (Å²) in [6, 6.07) is 14.6. The number of thioether (sulfide) groups is 1. The Morgan fingerprint density at radius 3 is 2.61 bits per heavy atom. The fourth-order valence-corrected chi connectivity index (χ4v) is 3.32. The number of halogens is 1. The van der Waals surface area contributed by atoms with Crippen LogP contribution >= 0.6 is 23.4 Å².